The van der Waals surface area contributed by atoms with Crippen LogP contribution in [0.5, 0.6) is 0 Å². The fourth-order valence-corrected chi connectivity index (χ4v) is 7.42. The van der Waals surface area contributed by atoms with E-state index in [0.29, 0.717) is 49.9 Å². The molecule has 3 aromatic carbocycles. The Morgan fingerprint density at radius 1 is 1.04 bits per heavy atom. The molecule has 11 nitrogen and oxygen atoms in total. The first-order valence-electron chi connectivity index (χ1n) is 15.4. The molecule has 0 saturated carbocycles. The predicted molar refractivity (Wildman–Crippen MR) is 177 cm³/mol. The molecule has 2 aliphatic heterocycles. The van der Waals surface area contributed by atoms with E-state index in [1.807, 2.05) is 54.3 Å². The Morgan fingerprint density at radius 2 is 1.76 bits per heavy atom. The van der Waals surface area contributed by atoms with Crippen molar-refractivity contribution in [1.82, 2.24) is 19.4 Å². The summed E-state index contributed by atoms with van der Waals surface area (Å²) in [5.41, 5.74) is 7.28. The molecule has 246 valence electrons. The van der Waals surface area contributed by atoms with Gasteiger partial charge in [-0.2, -0.15) is 0 Å². The van der Waals surface area contributed by atoms with E-state index >= 15 is 0 Å². The molecule has 0 spiro atoms. The molecule has 1 unspecified atom stereocenters. The maximum absolute atomic E-state index is 14.5. The zero-order valence-corrected chi connectivity index (χ0v) is 27.4. The molecule has 2 heterocycles. The molecule has 2 saturated heterocycles. The maximum Gasteiger partial charge on any atom is 0.250 e. The van der Waals surface area contributed by atoms with Gasteiger partial charge in [0.1, 0.15) is 12.1 Å². The summed E-state index contributed by atoms with van der Waals surface area (Å²) >= 11 is 6.34. The summed E-state index contributed by atoms with van der Waals surface area (Å²) in [5, 5.41) is 2.32. The Kier molecular flexibility index (Phi) is 11.0. The summed E-state index contributed by atoms with van der Waals surface area (Å²) in [6, 6.07) is 17.6. The molecular weight excluding hydrogens is 630 g/mol. The highest BCUT2D eigenvalue weighted by Gasteiger charge is 2.43. The Bertz CT molecular complexity index is 1680. The summed E-state index contributed by atoms with van der Waals surface area (Å²) in [5.74, 6) is -1.88. The smallest absolute Gasteiger partial charge is 0.250 e. The number of primary amides is 1. The van der Waals surface area contributed by atoms with Gasteiger partial charge < -0.3 is 20.3 Å². The lowest BCUT2D eigenvalue weighted by atomic mass is 9.96. The van der Waals surface area contributed by atoms with Crippen LogP contribution in [0.1, 0.15) is 30.5 Å². The number of carbonyl (C=O) groups is 3. The van der Waals surface area contributed by atoms with Crippen LogP contribution < -0.4 is 10.5 Å². The van der Waals surface area contributed by atoms with Crippen molar-refractivity contribution < 1.29 is 27.5 Å². The van der Waals surface area contributed by atoms with Gasteiger partial charge in [0.2, 0.25) is 21.8 Å². The Hall–Kier alpha value is -3.55. The molecule has 0 bridgehead atoms. The number of nitrogens with two attached hydrogens (primary N) is 1. The molecule has 13 heteroatoms. The topological polar surface area (TPSA) is 142 Å². The number of carbonyl (C=O) groups excluding carboxylic acids is 3. The zero-order valence-electron chi connectivity index (χ0n) is 25.8. The summed E-state index contributed by atoms with van der Waals surface area (Å²) in [7, 11) is -3.79. The van der Waals surface area contributed by atoms with Crippen molar-refractivity contribution in [2.75, 3.05) is 51.7 Å². The third-order valence-electron chi connectivity index (χ3n) is 8.73. The molecule has 0 radical (unpaired) electrons. The number of nitrogens with zero attached hydrogens (tertiary/aromatic N) is 3. The standard InChI is InChI=1S/C33H40ClN5O6S/c1-23-12-13-38(29(32(35)41)21-25-8-4-7-24-6-2-3-11-28(24)25)33(42)31(26-9-5-10-27(34)20-26)39(23)30(40)22-36-46(43,44)19-16-37-14-17-45-18-15-37/h2-11,20,23,29,31,36H,12-19,21-22H2,1H3,(H2,35,41)/t23?,29-,31-/m1/s1. The van der Waals surface area contributed by atoms with E-state index in [2.05, 4.69) is 4.72 Å². The second kappa shape index (κ2) is 14.9. The molecule has 2 fully saturated rings. The maximum atomic E-state index is 14.5. The summed E-state index contributed by atoms with van der Waals surface area (Å²) in [6.45, 7) is 4.17. The van der Waals surface area contributed by atoms with E-state index in [9.17, 15) is 22.8 Å². The van der Waals surface area contributed by atoms with Gasteiger partial charge in [-0.25, -0.2) is 13.1 Å². The Morgan fingerprint density at radius 3 is 2.50 bits per heavy atom. The molecular formula is C33H40ClN5O6S. The summed E-state index contributed by atoms with van der Waals surface area (Å²) < 4.78 is 33.5. The minimum atomic E-state index is -3.79. The lowest BCUT2D eigenvalue weighted by Crippen LogP contribution is -2.53. The van der Waals surface area contributed by atoms with Gasteiger partial charge in [-0.1, -0.05) is 66.2 Å². The van der Waals surface area contributed by atoms with Gasteiger partial charge in [0.15, 0.2) is 0 Å². The van der Waals surface area contributed by atoms with Crippen LogP contribution in [-0.2, 0) is 35.6 Å². The lowest BCUT2D eigenvalue weighted by molar-refractivity contribution is -0.148. The molecule has 0 aliphatic carbocycles. The zero-order chi connectivity index (χ0) is 32.8. The fourth-order valence-electron chi connectivity index (χ4n) is 6.24. The molecule has 0 aromatic heterocycles. The summed E-state index contributed by atoms with van der Waals surface area (Å²) in [6.07, 6.45) is 0.535. The highest BCUT2D eigenvalue weighted by molar-refractivity contribution is 7.89. The predicted octanol–water partition coefficient (Wildman–Crippen LogP) is 2.33. The van der Waals surface area contributed by atoms with Gasteiger partial charge in [0.25, 0.3) is 5.91 Å². The average Bonchev–Trinajstić information content (AvgIpc) is 3.17. The number of nitrogens with one attached hydrogen (secondary N) is 1. The van der Waals surface area contributed by atoms with E-state index in [1.54, 1.807) is 24.3 Å². The second-order valence-electron chi connectivity index (χ2n) is 11.8. The van der Waals surface area contributed by atoms with Crippen molar-refractivity contribution in [3.05, 3.63) is 82.9 Å². The second-order valence-corrected chi connectivity index (χ2v) is 14.1. The van der Waals surface area contributed by atoms with E-state index in [4.69, 9.17) is 22.1 Å². The fraction of sp³-hybridized carbons (Fsp3) is 0.424. The van der Waals surface area contributed by atoms with Crippen LogP contribution in [-0.4, -0.2) is 105 Å². The van der Waals surface area contributed by atoms with E-state index < -0.39 is 52.4 Å². The number of fused-ring (bicyclic) bond motifs is 1. The van der Waals surface area contributed by atoms with Crippen LogP contribution in [0.4, 0.5) is 0 Å². The number of amides is 3. The van der Waals surface area contributed by atoms with Crippen molar-refractivity contribution >= 4 is 50.1 Å². The first-order chi connectivity index (χ1) is 22.0. The average molecular weight is 670 g/mol. The minimum absolute atomic E-state index is 0.171. The van der Waals surface area contributed by atoms with Crippen molar-refractivity contribution in [3.8, 4) is 0 Å². The third-order valence-corrected chi connectivity index (χ3v) is 10.3. The van der Waals surface area contributed by atoms with Gasteiger partial charge in [-0.15, -0.1) is 0 Å². The Labute approximate surface area is 274 Å². The van der Waals surface area contributed by atoms with Crippen molar-refractivity contribution in [3.63, 3.8) is 0 Å². The molecule has 3 atom stereocenters. The Balaban J connectivity index is 1.41. The first kappa shape index (κ1) is 33.8. The van der Waals surface area contributed by atoms with Crippen LogP contribution in [0, 0.1) is 0 Å². The van der Waals surface area contributed by atoms with Gasteiger partial charge in [-0.05, 0) is 47.4 Å². The molecule has 46 heavy (non-hydrogen) atoms. The molecule has 3 amide bonds. The highest BCUT2D eigenvalue weighted by Crippen LogP contribution is 2.33. The highest BCUT2D eigenvalue weighted by atomic mass is 35.5. The first-order valence-corrected chi connectivity index (χ1v) is 17.5. The van der Waals surface area contributed by atoms with E-state index in [1.165, 1.54) is 9.80 Å². The number of hydrogen-bond donors (Lipinski definition) is 2. The van der Waals surface area contributed by atoms with Crippen LogP contribution in [0.3, 0.4) is 0 Å². The molecule has 5 rings (SSSR count). The number of rotatable bonds is 11. The van der Waals surface area contributed by atoms with Crippen molar-refractivity contribution in [1.29, 1.82) is 0 Å². The number of hydrogen-bond acceptors (Lipinski definition) is 7. The SMILES string of the molecule is CC1CCN([C@H](Cc2cccc3ccccc23)C(N)=O)C(=O)[C@@H](c2cccc(Cl)c2)N1C(=O)CNS(=O)(=O)CCN1CCOCC1. The number of ether oxygens (including phenoxy) is 1. The number of benzene rings is 3. The van der Waals surface area contributed by atoms with Crippen LogP contribution >= 0.6 is 11.6 Å². The number of sulfonamides is 1. The number of morpholine rings is 1. The van der Waals surface area contributed by atoms with Gasteiger partial charge in [0.05, 0.1) is 25.5 Å². The molecule has 2 aliphatic rings. The van der Waals surface area contributed by atoms with Crippen LogP contribution in [0.15, 0.2) is 66.7 Å². The van der Waals surface area contributed by atoms with Crippen LogP contribution in [0.2, 0.25) is 5.02 Å². The van der Waals surface area contributed by atoms with Gasteiger partial charge in [0, 0.05) is 43.7 Å². The van der Waals surface area contributed by atoms with Gasteiger partial charge in [-0.3, -0.25) is 19.3 Å². The quantitative estimate of drug-likeness (QED) is 0.319. The third kappa shape index (κ3) is 8.05. The molecule has 3 N–H and O–H groups in total. The normalized spacial score (nSPS) is 20.4. The lowest BCUT2D eigenvalue weighted by Gasteiger charge is -2.36. The van der Waals surface area contributed by atoms with E-state index in [-0.39, 0.29) is 18.7 Å². The van der Waals surface area contributed by atoms with E-state index in [0.717, 1.165) is 16.3 Å². The van der Waals surface area contributed by atoms with Crippen molar-refractivity contribution in [2.45, 2.75) is 37.9 Å². The monoisotopic (exact) mass is 669 g/mol. The largest absolute Gasteiger partial charge is 0.379 e. The van der Waals surface area contributed by atoms with Crippen molar-refractivity contribution in [2.24, 2.45) is 5.73 Å². The minimum Gasteiger partial charge on any atom is -0.379 e. The molecule has 3 aromatic rings. The number of halogens is 1. The van der Waals surface area contributed by atoms with Gasteiger partial charge >= 0.3 is 0 Å². The van der Waals surface area contributed by atoms with Crippen LogP contribution in [0.25, 0.3) is 10.8 Å². The summed E-state index contributed by atoms with van der Waals surface area (Å²) in [4.78, 5) is 46.3.